The van der Waals surface area contributed by atoms with Crippen LogP contribution in [0.5, 0.6) is 0 Å². The third kappa shape index (κ3) is 19.7. The quantitative estimate of drug-likeness (QED) is 0.0756. The zero-order chi connectivity index (χ0) is 43.5. The minimum absolute atomic E-state index is 0. The molecule has 0 saturated carbocycles. The number of carbonyl (C=O) groups excluding carboxylic acids is 1. The topological polar surface area (TPSA) is 216 Å². The third-order valence-electron chi connectivity index (χ3n) is 7.29. The van der Waals surface area contributed by atoms with E-state index in [1.807, 2.05) is 29.6 Å². The van der Waals surface area contributed by atoms with Gasteiger partial charge in [0.2, 0.25) is 0 Å². The van der Waals surface area contributed by atoms with Crippen LogP contribution in [0.2, 0.25) is 0 Å². The number of aryl methyl sites for hydroxylation is 1. The van der Waals surface area contributed by atoms with Crippen molar-refractivity contribution in [2.45, 2.75) is 19.4 Å². The molecule has 0 spiro atoms. The largest absolute Gasteiger partial charge is 0.383 e. The number of nitrogens with two attached hydrogens (primary N) is 1. The number of benzene rings is 1. The number of nitrogens with one attached hydrogen (secondary N) is 3. The van der Waals surface area contributed by atoms with Gasteiger partial charge in [0, 0.05) is 84.4 Å². The van der Waals surface area contributed by atoms with E-state index in [-0.39, 0.29) is 24.5 Å². The number of aromatic nitrogens is 3. The molecule has 3 heterocycles. The Balaban J connectivity index is -0.0000000785. The molecule has 0 atom stereocenters. The SMILES string of the molecule is C#CC#CC#CC#CC#CC#CC#CC#CC#CC#CC#C.CN1CCC(CNc2cnn(C)c2C(=O)NCc2ccc3c(N)nccc3c2)CC1.N=N/N=N/N=N/N=O.[HH].[HH].[HH].[HH].[HH].[HH].[HH].[HH].[HH].[HH].[HH].[HH].[HH]. The predicted molar refractivity (Wildman–Crippen MR) is 255 cm³/mol. The minimum atomic E-state index is -0.143. The molecule has 1 aliphatic rings. The van der Waals surface area contributed by atoms with Gasteiger partial charge in [-0.15, -0.1) is 17.8 Å². The van der Waals surface area contributed by atoms with Gasteiger partial charge in [0.15, 0.2) is 0 Å². The lowest BCUT2D eigenvalue weighted by molar-refractivity contribution is 0.0942. The summed E-state index contributed by atoms with van der Waals surface area (Å²) in [7, 11) is 3.95. The number of nitroso groups, excluding NO2 is 1. The predicted octanol–water partition coefficient (Wildman–Crippen LogP) is 7.15. The molecule has 16 nitrogen and oxygen atoms in total. The van der Waals surface area contributed by atoms with Gasteiger partial charge in [0.25, 0.3) is 5.91 Å². The van der Waals surface area contributed by atoms with Crippen molar-refractivity contribution in [2.75, 3.05) is 37.7 Å². The number of carbonyl (C=O) groups is 1. The summed E-state index contributed by atoms with van der Waals surface area (Å²) in [6, 6.07) is 7.85. The average Bonchev–Trinajstić information content (AvgIpc) is 3.64. The van der Waals surface area contributed by atoms with Crippen LogP contribution in [0.15, 0.2) is 68.1 Å². The Bertz CT molecular complexity index is 2710. The number of amides is 1. The van der Waals surface area contributed by atoms with Crippen molar-refractivity contribution < 1.29 is 23.3 Å². The molecule has 1 aliphatic heterocycles. The summed E-state index contributed by atoms with van der Waals surface area (Å²) in [4.78, 5) is 28.4. The standard InChI is InChI=1S/C22H29N7O.C22H2.HN7O.13H2/c1-28-9-6-15(7-10-28)12-25-19-14-27-29(2)20(19)22(30)26-13-16-3-4-18-17(11-16)5-8-24-21(18)23;1-3-5-7-9-11-13-15-17-19-21-22-20-18-16-14-12-10-8-6-4-2;1-2-3-4-5-6-7-8;;;;;;;;;;;;;/h3-5,8,11,14-15,25H,6-7,9-10,12-13H2,1-2H3,(H2,23,24)(H,26,30);1-2H;1H;13*1H/b;;2-1?,4-3+,6-5+;;;;;;;;;;;;;. The highest BCUT2D eigenvalue weighted by molar-refractivity contribution is 5.98. The van der Waals surface area contributed by atoms with Gasteiger partial charge in [-0.2, -0.15) is 10.6 Å². The number of anilines is 2. The van der Waals surface area contributed by atoms with Gasteiger partial charge in [-0.05, 0) is 172 Å². The maximum absolute atomic E-state index is 12.9. The van der Waals surface area contributed by atoms with Gasteiger partial charge >= 0.3 is 0 Å². The van der Waals surface area contributed by atoms with E-state index in [0.717, 1.165) is 41.7 Å². The normalized spacial score (nSPS) is 10.5. The molecule has 1 aromatic carbocycles. The van der Waals surface area contributed by atoms with Gasteiger partial charge in [-0.25, -0.2) is 4.98 Å². The summed E-state index contributed by atoms with van der Waals surface area (Å²) in [5, 5.41) is 27.6. The number of nitrogens with zero attached hydrogens (tertiary/aromatic N) is 10. The van der Waals surface area contributed by atoms with E-state index in [4.69, 9.17) is 29.0 Å². The molecule has 2 aromatic heterocycles. The average molecular weight is 815 g/mol. The third-order valence-corrected chi connectivity index (χ3v) is 7.29. The van der Waals surface area contributed by atoms with Crippen LogP contribution in [0.3, 0.4) is 0 Å². The number of hydrogen-bond donors (Lipinski definition) is 4. The van der Waals surface area contributed by atoms with Crippen LogP contribution in [-0.4, -0.2) is 52.3 Å². The lowest BCUT2D eigenvalue weighted by atomic mass is 9.97. The molecule has 0 aliphatic carbocycles. The highest BCUT2D eigenvalue weighted by atomic mass is 16.3. The van der Waals surface area contributed by atoms with Gasteiger partial charge in [0.1, 0.15) is 16.8 Å². The van der Waals surface area contributed by atoms with Crippen molar-refractivity contribution >= 4 is 28.2 Å². The first-order chi connectivity index (χ1) is 29.3. The Morgan fingerprint density at radius 3 is 1.88 bits per heavy atom. The maximum Gasteiger partial charge on any atom is 0.271 e. The van der Waals surface area contributed by atoms with Crippen LogP contribution in [0.25, 0.3) is 10.8 Å². The zero-order valence-corrected chi connectivity index (χ0v) is 32.3. The molecule has 0 bridgehead atoms. The molecule has 316 valence electrons. The fraction of sp³-hybridized carbons (Fsp3) is 0.205. The Kier molecular flexibility index (Phi) is 23.1. The van der Waals surface area contributed by atoms with E-state index in [0.29, 0.717) is 24.0 Å². The second-order valence-corrected chi connectivity index (χ2v) is 11.2. The Morgan fingerprint density at radius 2 is 1.37 bits per heavy atom. The summed E-state index contributed by atoms with van der Waals surface area (Å²) in [5.41, 5.74) is 14.2. The number of nitrogen functional groups attached to an aromatic ring is 1. The van der Waals surface area contributed by atoms with E-state index in [9.17, 15) is 4.79 Å². The van der Waals surface area contributed by atoms with Crippen LogP contribution >= 0.6 is 0 Å². The number of rotatable bonds is 9. The number of fused-ring (bicyclic) bond motifs is 1. The van der Waals surface area contributed by atoms with Gasteiger partial charge in [-0.3, -0.25) is 9.48 Å². The first kappa shape index (κ1) is 46.6. The van der Waals surface area contributed by atoms with Crippen molar-refractivity contribution in [3.63, 3.8) is 0 Å². The van der Waals surface area contributed by atoms with Crippen LogP contribution in [-0.2, 0) is 13.6 Å². The number of piperidine rings is 1. The molecule has 0 unspecified atom stereocenters. The molecule has 60 heavy (non-hydrogen) atoms. The summed E-state index contributed by atoms with van der Waals surface area (Å²) >= 11 is 0. The fourth-order valence-corrected chi connectivity index (χ4v) is 4.63. The lowest BCUT2D eigenvalue weighted by Gasteiger charge is -2.29. The monoisotopic (exact) mass is 814 g/mol. The lowest BCUT2D eigenvalue weighted by Crippen LogP contribution is -2.33. The van der Waals surface area contributed by atoms with Crippen molar-refractivity contribution in [1.29, 1.82) is 5.53 Å². The number of terminal acetylenes is 2. The molecule has 3 aromatic rings. The highest BCUT2D eigenvalue weighted by Gasteiger charge is 2.20. The van der Waals surface area contributed by atoms with E-state index in [1.165, 1.54) is 12.8 Å². The minimum Gasteiger partial charge on any atom is -0.383 e. The van der Waals surface area contributed by atoms with Crippen molar-refractivity contribution in [3.05, 3.63) is 52.8 Å². The Morgan fingerprint density at radius 1 is 0.833 bits per heavy atom. The first-order valence-corrected chi connectivity index (χ1v) is 17.1. The highest BCUT2D eigenvalue weighted by Crippen LogP contribution is 2.21. The molecular weight excluding hydrogens is 757 g/mol. The molecular formula is C44H58N14O2. The van der Waals surface area contributed by atoms with Crippen molar-refractivity contribution in [3.8, 4) is 131 Å². The van der Waals surface area contributed by atoms with Crippen LogP contribution in [0, 0.1) is 148 Å². The Hall–Kier alpha value is -9.57. The zero-order valence-electron chi connectivity index (χ0n) is 32.3. The summed E-state index contributed by atoms with van der Waals surface area (Å²) in [5.74, 6) is 49.2. The van der Waals surface area contributed by atoms with Crippen LogP contribution < -0.4 is 16.4 Å². The summed E-state index contributed by atoms with van der Waals surface area (Å²) < 4.78 is 1.62. The van der Waals surface area contributed by atoms with E-state index in [2.05, 4.69) is 177 Å². The second-order valence-electron chi connectivity index (χ2n) is 11.2. The molecule has 0 radical (unpaired) electrons. The van der Waals surface area contributed by atoms with E-state index in [1.54, 1.807) is 24.1 Å². The summed E-state index contributed by atoms with van der Waals surface area (Å²) in [6.07, 6.45) is 15.6. The van der Waals surface area contributed by atoms with Gasteiger partial charge < -0.3 is 21.3 Å². The number of likely N-dealkylation sites (tertiary alicyclic amines) is 1. The summed E-state index contributed by atoms with van der Waals surface area (Å²) in [6.45, 7) is 3.54. The van der Waals surface area contributed by atoms with E-state index < -0.39 is 0 Å². The van der Waals surface area contributed by atoms with Crippen molar-refractivity contribution in [2.24, 2.45) is 44.4 Å². The number of pyridine rings is 1. The second kappa shape index (κ2) is 29.7. The van der Waals surface area contributed by atoms with Crippen LogP contribution in [0.4, 0.5) is 11.5 Å². The first-order valence-electron chi connectivity index (χ1n) is 17.1. The van der Waals surface area contributed by atoms with E-state index >= 15 is 0 Å². The molecule has 1 saturated heterocycles. The van der Waals surface area contributed by atoms with Gasteiger partial charge in [0.05, 0.1) is 11.9 Å². The molecule has 5 N–H and O–H groups in total. The van der Waals surface area contributed by atoms with Gasteiger partial charge in [-0.1, -0.05) is 12.1 Å². The van der Waals surface area contributed by atoms with Crippen LogP contribution in [0.1, 0.15) is 47.4 Å². The maximum atomic E-state index is 12.9. The number of hydrogen-bond acceptors (Lipinski definition) is 8. The Labute approximate surface area is 367 Å². The smallest absolute Gasteiger partial charge is 0.271 e. The molecule has 1 fully saturated rings. The fourth-order valence-electron chi connectivity index (χ4n) is 4.63. The molecule has 1 amide bonds. The van der Waals surface area contributed by atoms with Crippen molar-refractivity contribution in [1.82, 2.24) is 25.0 Å². The molecule has 4 rings (SSSR count). The molecule has 16 heteroatoms.